The first-order valence-corrected chi connectivity index (χ1v) is 10.1. The second-order valence-corrected chi connectivity index (χ2v) is 7.86. The molecule has 0 aromatic carbocycles. The van der Waals surface area contributed by atoms with Crippen LogP contribution in [-0.2, 0) is 17.5 Å². The average molecular weight is 433 g/mol. The zero-order chi connectivity index (χ0) is 22.6. The average Bonchev–Trinajstić information content (AvgIpc) is 2.74. The molecule has 2 unspecified atom stereocenters. The maximum Gasteiger partial charge on any atom is 0.451 e. The van der Waals surface area contributed by atoms with E-state index in [2.05, 4.69) is 47.1 Å². The molecule has 0 saturated carbocycles. The summed E-state index contributed by atoms with van der Waals surface area (Å²) in [4.78, 5) is 16.1. The van der Waals surface area contributed by atoms with E-state index in [1.165, 1.54) is 0 Å². The van der Waals surface area contributed by atoms with E-state index < -0.39 is 18.2 Å². The molecule has 6 nitrogen and oxygen atoms in total. The lowest BCUT2D eigenvalue weighted by Gasteiger charge is -2.21. The molecule has 2 aromatic heterocycles. The summed E-state index contributed by atoms with van der Waals surface area (Å²) in [5.41, 5.74) is 3.88. The summed E-state index contributed by atoms with van der Waals surface area (Å²) in [5.74, 6) is -0.557. The van der Waals surface area contributed by atoms with Crippen LogP contribution in [0.1, 0.15) is 67.7 Å². The van der Waals surface area contributed by atoms with Crippen LogP contribution in [0.2, 0.25) is 0 Å². The number of hydrogen-bond donors (Lipinski definition) is 1. The van der Waals surface area contributed by atoms with Crippen LogP contribution in [0.5, 0.6) is 0 Å². The van der Waals surface area contributed by atoms with Crippen molar-refractivity contribution in [2.24, 2.45) is 10.9 Å². The molecule has 3 rings (SSSR count). The first kappa shape index (κ1) is 23.0. The summed E-state index contributed by atoms with van der Waals surface area (Å²) in [6, 6.07) is 3.89. The number of rotatable bonds is 7. The Morgan fingerprint density at radius 1 is 1.19 bits per heavy atom. The lowest BCUT2D eigenvalue weighted by atomic mass is 10.0. The quantitative estimate of drug-likeness (QED) is 0.629. The van der Waals surface area contributed by atoms with E-state index in [1.54, 1.807) is 7.11 Å². The number of nitrogens with zero attached hydrogens (tertiary/aromatic N) is 4. The van der Waals surface area contributed by atoms with Crippen molar-refractivity contribution in [2.75, 3.05) is 7.11 Å². The highest BCUT2D eigenvalue weighted by Gasteiger charge is 2.34. The molecular weight excluding hydrogens is 407 g/mol. The Labute approximate surface area is 179 Å². The van der Waals surface area contributed by atoms with E-state index in [4.69, 9.17) is 9.72 Å². The first-order chi connectivity index (χ1) is 14.7. The van der Waals surface area contributed by atoms with Crippen molar-refractivity contribution in [1.82, 2.24) is 20.3 Å². The predicted molar refractivity (Wildman–Crippen MR) is 112 cm³/mol. The normalized spacial score (nSPS) is 17.7. The molecule has 2 aromatic rings. The number of ether oxygens (including phenoxy) is 1. The predicted octanol–water partition coefficient (Wildman–Crippen LogP) is 4.90. The van der Waals surface area contributed by atoms with Crippen LogP contribution in [-0.4, -0.2) is 28.3 Å². The lowest BCUT2D eigenvalue weighted by molar-refractivity contribution is -0.145. The highest BCUT2D eigenvalue weighted by Crippen LogP contribution is 2.27. The molecule has 1 aliphatic heterocycles. The number of nitrogens with one attached hydrogen (secondary N) is 1. The standard InChI is InChI=1S/C22H26F3N5O/c1-13(2)18-7-16(8-19(30-18)17-6-5-14(3)9-26-17)20(31-4)27-10-15-11-28-21(29-12-15)22(23,24)25/h6-9,11-14,20,27H,5,10H2,1-4H3. The second-order valence-electron chi connectivity index (χ2n) is 7.86. The van der Waals surface area contributed by atoms with E-state index in [1.807, 2.05) is 18.3 Å². The molecule has 0 spiro atoms. The third-order valence-electron chi connectivity index (χ3n) is 4.86. The van der Waals surface area contributed by atoms with Gasteiger partial charge in [-0.1, -0.05) is 26.8 Å². The third kappa shape index (κ3) is 5.95. The molecule has 0 aliphatic carbocycles. The van der Waals surface area contributed by atoms with Gasteiger partial charge < -0.3 is 4.74 Å². The van der Waals surface area contributed by atoms with Gasteiger partial charge in [-0.25, -0.2) is 9.97 Å². The van der Waals surface area contributed by atoms with Gasteiger partial charge in [0.05, 0.1) is 11.4 Å². The van der Waals surface area contributed by atoms with Gasteiger partial charge in [0.25, 0.3) is 0 Å². The highest BCUT2D eigenvalue weighted by atomic mass is 19.4. The summed E-state index contributed by atoms with van der Waals surface area (Å²) in [6.45, 7) is 6.47. The second kappa shape index (κ2) is 9.65. The lowest BCUT2D eigenvalue weighted by Crippen LogP contribution is -2.23. The molecular formula is C22H26F3N5O. The minimum Gasteiger partial charge on any atom is -0.362 e. The van der Waals surface area contributed by atoms with E-state index in [-0.39, 0.29) is 12.5 Å². The fraction of sp³-hybridized carbons (Fsp3) is 0.455. The zero-order valence-electron chi connectivity index (χ0n) is 17.9. The van der Waals surface area contributed by atoms with Crippen molar-refractivity contribution in [1.29, 1.82) is 0 Å². The van der Waals surface area contributed by atoms with Crippen molar-refractivity contribution in [3.63, 3.8) is 0 Å². The fourth-order valence-corrected chi connectivity index (χ4v) is 3.08. The van der Waals surface area contributed by atoms with Gasteiger partial charge in [-0.3, -0.25) is 15.3 Å². The van der Waals surface area contributed by atoms with Crippen molar-refractivity contribution in [2.45, 2.75) is 52.1 Å². The Morgan fingerprint density at radius 2 is 1.90 bits per heavy atom. The molecule has 1 N–H and O–H groups in total. The van der Waals surface area contributed by atoms with Gasteiger partial charge in [-0.05, 0) is 36.0 Å². The summed E-state index contributed by atoms with van der Waals surface area (Å²) in [5, 5.41) is 3.19. The molecule has 9 heteroatoms. The molecule has 0 fully saturated rings. The molecule has 0 amide bonds. The van der Waals surface area contributed by atoms with E-state index in [0.29, 0.717) is 11.5 Å². The van der Waals surface area contributed by atoms with Crippen LogP contribution in [0.3, 0.4) is 0 Å². The van der Waals surface area contributed by atoms with Crippen LogP contribution in [0.15, 0.2) is 35.6 Å². The van der Waals surface area contributed by atoms with E-state index in [9.17, 15) is 13.2 Å². The Hall–Kier alpha value is -2.65. The zero-order valence-corrected chi connectivity index (χ0v) is 17.9. The van der Waals surface area contributed by atoms with Crippen LogP contribution in [0.25, 0.3) is 5.70 Å². The molecule has 0 bridgehead atoms. The fourth-order valence-electron chi connectivity index (χ4n) is 3.08. The number of halogens is 3. The molecule has 3 heterocycles. The van der Waals surface area contributed by atoms with Gasteiger partial charge in [0.15, 0.2) is 0 Å². The van der Waals surface area contributed by atoms with Gasteiger partial charge in [-0.2, -0.15) is 13.2 Å². The van der Waals surface area contributed by atoms with Crippen LogP contribution >= 0.6 is 0 Å². The van der Waals surface area contributed by atoms with Crippen LogP contribution < -0.4 is 5.32 Å². The molecule has 166 valence electrons. The van der Waals surface area contributed by atoms with Crippen molar-refractivity contribution >= 4 is 11.9 Å². The number of pyridine rings is 1. The monoisotopic (exact) mass is 433 g/mol. The Bertz CT molecular complexity index is 955. The summed E-state index contributed by atoms with van der Waals surface area (Å²) in [6.07, 6.45) is 2.18. The number of aromatic nitrogens is 3. The van der Waals surface area contributed by atoms with Gasteiger partial charge in [0.1, 0.15) is 6.23 Å². The van der Waals surface area contributed by atoms with Crippen LogP contribution in [0, 0.1) is 5.92 Å². The number of hydrogen-bond acceptors (Lipinski definition) is 6. The minimum absolute atomic E-state index is 0.201. The largest absolute Gasteiger partial charge is 0.451 e. The topological polar surface area (TPSA) is 72.3 Å². The van der Waals surface area contributed by atoms with Gasteiger partial charge in [0, 0.05) is 43.5 Å². The Balaban J connectivity index is 1.81. The maximum absolute atomic E-state index is 12.6. The molecule has 0 radical (unpaired) electrons. The summed E-state index contributed by atoms with van der Waals surface area (Å²) < 4.78 is 43.5. The third-order valence-corrected chi connectivity index (χ3v) is 4.86. The van der Waals surface area contributed by atoms with E-state index >= 15 is 0 Å². The van der Waals surface area contributed by atoms with Crippen molar-refractivity contribution < 1.29 is 17.9 Å². The number of aliphatic imine (C=N–C) groups is 1. The molecule has 0 saturated heterocycles. The highest BCUT2D eigenvalue weighted by molar-refractivity contribution is 5.76. The number of allylic oxidation sites excluding steroid dienone is 1. The summed E-state index contributed by atoms with van der Waals surface area (Å²) >= 11 is 0. The minimum atomic E-state index is -4.56. The number of alkyl halides is 3. The van der Waals surface area contributed by atoms with Gasteiger partial charge in [0.2, 0.25) is 5.82 Å². The van der Waals surface area contributed by atoms with Gasteiger partial charge >= 0.3 is 6.18 Å². The van der Waals surface area contributed by atoms with Crippen LogP contribution in [0.4, 0.5) is 13.2 Å². The SMILES string of the molecule is COC(NCc1cnc(C(F)(F)F)nc1)c1cc(C2=CCC(C)C=N2)nc(C(C)C)c1. The maximum atomic E-state index is 12.6. The smallest absolute Gasteiger partial charge is 0.362 e. The molecule has 1 aliphatic rings. The Kier molecular flexibility index (Phi) is 7.17. The van der Waals surface area contributed by atoms with Crippen molar-refractivity contribution in [3.05, 3.63) is 58.9 Å². The summed E-state index contributed by atoms with van der Waals surface area (Å²) in [7, 11) is 1.57. The van der Waals surface area contributed by atoms with Crippen molar-refractivity contribution in [3.8, 4) is 0 Å². The van der Waals surface area contributed by atoms with E-state index in [0.717, 1.165) is 41.5 Å². The first-order valence-electron chi connectivity index (χ1n) is 10.1. The number of methoxy groups -OCH3 is 1. The van der Waals surface area contributed by atoms with Gasteiger partial charge in [-0.15, -0.1) is 0 Å². The Morgan fingerprint density at radius 3 is 2.45 bits per heavy atom. The molecule has 31 heavy (non-hydrogen) atoms. The molecule has 2 atom stereocenters.